The van der Waals surface area contributed by atoms with Crippen molar-refractivity contribution in [2.75, 3.05) is 6.54 Å². The minimum atomic E-state index is -0.268. The van der Waals surface area contributed by atoms with Crippen molar-refractivity contribution in [3.05, 3.63) is 66.2 Å². The molecular formula is C18H17N3O3. The molecule has 0 radical (unpaired) electrons. The van der Waals surface area contributed by atoms with Crippen LogP contribution in [0.4, 0.5) is 0 Å². The highest BCUT2D eigenvalue weighted by molar-refractivity contribution is 5.89. The maximum Gasteiger partial charge on any atom is 0.239 e. The van der Waals surface area contributed by atoms with Gasteiger partial charge in [0.05, 0.1) is 31.3 Å². The van der Waals surface area contributed by atoms with E-state index in [1.54, 1.807) is 24.6 Å². The SMILES string of the molecule is O=C(CNC(=O)Cc1cccc2cccnc12)NCc1ccco1. The summed E-state index contributed by atoms with van der Waals surface area (Å²) in [7, 11) is 0. The van der Waals surface area contributed by atoms with E-state index in [9.17, 15) is 9.59 Å². The number of furan rings is 1. The molecule has 0 saturated carbocycles. The Balaban J connectivity index is 1.51. The van der Waals surface area contributed by atoms with E-state index in [1.165, 1.54) is 0 Å². The standard InChI is InChI=1S/C18H17N3O3/c22-16(21-12-17(23)20-11-15-7-3-9-24-15)10-14-5-1-4-13-6-2-8-19-18(13)14/h1-9H,10-12H2,(H,20,23)(H,21,22). The minimum Gasteiger partial charge on any atom is -0.467 e. The Morgan fingerprint density at radius 3 is 2.71 bits per heavy atom. The van der Waals surface area contributed by atoms with Crippen molar-refractivity contribution < 1.29 is 14.0 Å². The van der Waals surface area contributed by atoms with Crippen LogP contribution in [0.2, 0.25) is 0 Å². The molecule has 3 rings (SSSR count). The number of fused-ring (bicyclic) bond motifs is 1. The van der Waals surface area contributed by atoms with Crippen molar-refractivity contribution in [2.45, 2.75) is 13.0 Å². The molecule has 0 aliphatic carbocycles. The molecule has 0 bridgehead atoms. The second-order valence-electron chi connectivity index (χ2n) is 5.30. The third-order valence-corrected chi connectivity index (χ3v) is 3.55. The summed E-state index contributed by atoms with van der Waals surface area (Å²) < 4.78 is 5.12. The molecule has 0 saturated heterocycles. The highest BCUT2D eigenvalue weighted by Crippen LogP contribution is 2.16. The summed E-state index contributed by atoms with van der Waals surface area (Å²) in [5.41, 5.74) is 1.64. The van der Waals surface area contributed by atoms with Gasteiger partial charge >= 0.3 is 0 Å². The van der Waals surface area contributed by atoms with Crippen LogP contribution >= 0.6 is 0 Å². The molecule has 2 amide bonds. The topological polar surface area (TPSA) is 84.2 Å². The highest BCUT2D eigenvalue weighted by atomic mass is 16.3. The average molecular weight is 323 g/mol. The first-order valence-electron chi connectivity index (χ1n) is 7.61. The lowest BCUT2D eigenvalue weighted by Gasteiger charge is -2.07. The molecule has 0 atom stereocenters. The van der Waals surface area contributed by atoms with E-state index in [0.29, 0.717) is 12.3 Å². The summed E-state index contributed by atoms with van der Waals surface area (Å²) in [4.78, 5) is 28.1. The van der Waals surface area contributed by atoms with Gasteiger partial charge < -0.3 is 15.1 Å². The van der Waals surface area contributed by atoms with Crippen molar-refractivity contribution in [2.24, 2.45) is 0 Å². The second kappa shape index (κ2) is 7.41. The smallest absolute Gasteiger partial charge is 0.239 e. The number of rotatable bonds is 6. The average Bonchev–Trinajstić information content (AvgIpc) is 3.12. The molecule has 0 unspecified atom stereocenters. The molecule has 24 heavy (non-hydrogen) atoms. The summed E-state index contributed by atoms with van der Waals surface area (Å²) in [6.07, 6.45) is 3.42. The molecule has 3 aromatic rings. The molecule has 2 N–H and O–H groups in total. The zero-order valence-corrected chi connectivity index (χ0v) is 13.0. The fourth-order valence-electron chi connectivity index (χ4n) is 2.39. The summed E-state index contributed by atoms with van der Waals surface area (Å²) in [5.74, 6) is 0.175. The van der Waals surface area contributed by atoms with Crippen LogP contribution < -0.4 is 10.6 Å². The van der Waals surface area contributed by atoms with E-state index in [0.717, 1.165) is 16.5 Å². The van der Waals surface area contributed by atoms with Crippen molar-refractivity contribution in [3.8, 4) is 0 Å². The summed E-state index contributed by atoms with van der Waals surface area (Å²) in [5, 5.41) is 6.28. The van der Waals surface area contributed by atoms with E-state index >= 15 is 0 Å². The molecule has 6 heteroatoms. The Labute approximate surface area is 138 Å². The number of benzene rings is 1. The number of carbonyl (C=O) groups excluding carboxylic acids is 2. The van der Waals surface area contributed by atoms with Crippen LogP contribution in [0.5, 0.6) is 0 Å². The number of nitrogens with one attached hydrogen (secondary N) is 2. The molecule has 0 aliphatic heterocycles. The zero-order valence-electron chi connectivity index (χ0n) is 13.0. The Kier molecular flexibility index (Phi) is 4.86. The Morgan fingerprint density at radius 2 is 1.88 bits per heavy atom. The van der Waals surface area contributed by atoms with E-state index in [2.05, 4.69) is 15.6 Å². The first-order chi connectivity index (χ1) is 11.7. The van der Waals surface area contributed by atoms with Gasteiger partial charge in [0, 0.05) is 11.6 Å². The molecule has 0 fully saturated rings. The maximum atomic E-state index is 12.1. The second-order valence-corrected chi connectivity index (χ2v) is 5.30. The quantitative estimate of drug-likeness (QED) is 0.724. The monoisotopic (exact) mass is 323 g/mol. The van der Waals surface area contributed by atoms with Gasteiger partial charge in [0.15, 0.2) is 0 Å². The Morgan fingerprint density at radius 1 is 1.00 bits per heavy atom. The number of aromatic nitrogens is 1. The van der Waals surface area contributed by atoms with E-state index in [4.69, 9.17) is 4.42 Å². The van der Waals surface area contributed by atoms with Crippen LogP contribution in [0.15, 0.2) is 59.3 Å². The van der Waals surface area contributed by atoms with E-state index < -0.39 is 0 Å². The van der Waals surface area contributed by atoms with Gasteiger partial charge in [0.25, 0.3) is 0 Å². The zero-order chi connectivity index (χ0) is 16.8. The van der Waals surface area contributed by atoms with Gasteiger partial charge in [-0.15, -0.1) is 0 Å². The third-order valence-electron chi connectivity index (χ3n) is 3.55. The van der Waals surface area contributed by atoms with Gasteiger partial charge in [-0.25, -0.2) is 0 Å². The minimum absolute atomic E-state index is 0.0717. The summed E-state index contributed by atoms with van der Waals surface area (Å²) >= 11 is 0. The number of amides is 2. The van der Waals surface area contributed by atoms with Crippen molar-refractivity contribution in [3.63, 3.8) is 0 Å². The predicted molar refractivity (Wildman–Crippen MR) is 89.0 cm³/mol. The van der Waals surface area contributed by atoms with Crippen LogP contribution in [0, 0.1) is 0 Å². The van der Waals surface area contributed by atoms with E-state index in [-0.39, 0.29) is 24.8 Å². The molecule has 1 aromatic carbocycles. The third kappa shape index (κ3) is 3.98. The predicted octanol–water partition coefficient (Wildman–Crippen LogP) is 1.80. The maximum absolute atomic E-state index is 12.1. The summed E-state index contributed by atoms with van der Waals surface area (Å²) in [6.45, 7) is 0.229. The Bertz CT molecular complexity index is 838. The number of carbonyl (C=O) groups is 2. The lowest BCUT2D eigenvalue weighted by Crippen LogP contribution is -2.37. The molecule has 2 aromatic heterocycles. The van der Waals surface area contributed by atoms with Gasteiger partial charge in [0.2, 0.25) is 11.8 Å². The van der Waals surface area contributed by atoms with Gasteiger partial charge in [0.1, 0.15) is 5.76 Å². The van der Waals surface area contributed by atoms with Gasteiger partial charge in [-0.3, -0.25) is 14.6 Å². The largest absolute Gasteiger partial charge is 0.467 e. The fourth-order valence-corrected chi connectivity index (χ4v) is 2.39. The number of nitrogens with zero attached hydrogens (tertiary/aromatic N) is 1. The first-order valence-corrected chi connectivity index (χ1v) is 7.61. The first kappa shape index (κ1) is 15.7. The van der Waals surface area contributed by atoms with Gasteiger partial charge in [-0.1, -0.05) is 24.3 Å². The molecular weight excluding hydrogens is 306 g/mol. The lowest BCUT2D eigenvalue weighted by atomic mass is 10.1. The number of hydrogen-bond acceptors (Lipinski definition) is 4. The number of hydrogen-bond donors (Lipinski definition) is 2. The Hall–Kier alpha value is -3.15. The van der Waals surface area contributed by atoms with E-state index in [1.807, 2.05) is 30.3 Å². The van der Waals surface area contributed by atoms with Crippen LogP contribution in [0.3, 0.4) is 0 Å². The molecule has 0 spiro atoms. The molecule has 122 valence electrons. The molecule has 2 heterocycles. The van der Waals surface area contributed by atoms with Crippen LogP contribution in [0.25, 0.3) is 10.9 Å². The number of pyridine rings is 1. The lowest BCUT2D eigenvalue weighted by molar-refractivity contribution is -0.125. The van der Waals surface area contributed by atoms with Crippen molar-refractivity contribution in [1.29, 1.82) is 0 Å². The van der Waals surface area contributed by atoms with Crippen molar-refractivity contribution in [1.82, 2.24) is 15.6 Å². The van der Waals surface area contributed by atoms with Crippen LogP contribution in [-0.2, 0) is 22.6 Å². The van der Waals surface area contributed by atoms with Gasteiger partial charge in [-0.2, -0.15) is 0 Å². The number of para-hydroxylation sites is 1. The van der Waals surface area contributed by atoms with Gasteiger partial charge in [-0.05, 0) is 23.8 Å². The highest BCUT2D eigenvalue weighted by Gasteiger charge is 2.09. The fraction of sp³-hybridized carbons (Fsp3) is 0.167. The normalized spacial score (nSPS) is 10.5. The van der Waals surface area contributed by atoms with Crippen LogP contribution in [0.1, 0.15) is 11.3 Å². The molecule has 0 aliphatic rings. The molecule has 6 nitrogen and oxygen atoms in total. The summed E-state index contributed by atoms with van der Waals surface area (Å²) in [6, 6.07) is 13.0. The van der Waals surface area contributed by atoms with Crippen molar-refractivity contribution >= 4 is 22.7 Å². The van der Waals surface area contributed by atoms with Crippen LogP contribution in [-0.4, -0.2) is 23.3 Å².